The van der Waals surface area contributed by atoms with Gasteiger partial charge in [-0.15, -0.1) is 0 Å². The zero-order valence-electron chi connectivity index (χ0n) is 21.0. The molecule has 186 valence electrons. The zero-order valence-corrected chi connectivity index (χ0v) is 21.0. The topological polar surface area (TPSA) is 114 Å². The molecule has 3 atom stereocenters. The van der Waals surface area contributed by atoms with Gasteiger partial charge in [-0.05, 0) is 68.9 Å². The number of aromatic nitrogens is 7. The number of carbonyl (C=O) groups is 1. The molecule has 1 saturated carbocycles. The van der Waals surface area contributed by atoms with Crippen molar-refractivity contribution in [1.82, 2.24) is 40.2 Å². The predicted octanol–water partition coefficient (Wildman–Crippen LogP) is 3.82. The quantitative estimate of drug-likeness (QED) is 0.412. The highest BCUT2D eigenvalue weighted by molar-refractivity contribution is 5.79. The van der Waals surface area contributed by atoms with E-state index in [1.807, 2.05) is 50.4 Å². The van der Waals surface area contributed by atoms with Crippen molar-refractivity contribution < 1.29 is 4.79 Å². The maximum atomic E-state index is 13.0. The average molecular weight is 485 g/mol. The van der Waals surface area contributed by atoms with Crippen LogP contribution in [0.1, 0.15) is 66.3 Å². The fourth-order valence-corrected chi connectivity index (χ4v) is 5.08. The molecular formula is C27H32N8O. The van der Waals surface area contributed by atoms with E-state index in [2.05, 4.69) is 32.5 Å². The van der Waals surface area contributed by atoms with Gasteiger partial charge in [0.05, 0.1) is 11.4 Å². The van der Waals surface area contributed by atoms with Gasteiger partial charge in [-0.3, -0.25) is 9.89 Å². The number of aromatic amines is 1. The Bertz CT molecular complexity index is 1310. The molecule has 0 radical (unpaired) electrons. The maximum Gasteiger partial charge on any atom is 0.223 e. The van der Waals surface area contributed by atoms with Gasteiger partial charge in [0.15, 0.2) is 5.82 Å². The van der Waals surface area contributed by atoms with E-state index < -0.39 is 0 Å². The summed E-state index contributed by atoms with van der Waals surface area (Å²) < 4.78 is 1.71. The van der Waals surface area contributed by atoms with Crippen LogP contribution in [-0.4, -0.2) is 40.8 Å². The van der Waals surface area contributed by atoms with Crippen molar-refractivity contribution in [3.05, 3.63) is 83.1 Å². The number of hydrogen-bond acceptors (Lipinski definition) is 6. The Morgan fingerprint density at radius 1 is 1.17 bits per heavy atom. The molecule has 4 aromatic heterocycles. The number of aryl methyl sites for hydroxylation is 2. The molecule has 36 heavy (non-hydrogen) atoms. The molecule has 0 unspecified atom stereocenters. The summed E-state index contributed by atoms with van der Waals surface area (Å²) in [6.07, 6.45) is 8.69. The van der Waals surface area contributed by atoms with Crippen LogP contribution in [0.5, 0.6) is 0 Å². The summed E-state index contributed by atoms with van der Waals surface area (Å²) in [5.41, 5.74) is 4.96. The lowest BCUT2D eigenvalue weighted by Crippen LogP contribution is -2.37. The molecule has 9 nitrogen and oxygen atoms in total. The highest BCUT2D eigenvalue weighted by Crippen LogP contribution is 2.38. The molecule has 4 heterocycles. The van der Waals surface area contributed by atoms with E-state index in [9.17, 15) is 4.79 Å². The molecule has 0 bridgehead atoms. The molecule has 0 saturated heterocycles. The van der Waals surface area contributed by atoms with E-state index in [0.29, 0.717) is 13.0 Å². The number of hydrogen-bond donors (Lipinski definition) is 2. The molecule has 1 fully saturated rings. The van der Waals surface area contributed by atoms with Crippen LogP contribution >= 0.6 is 0 Å². The van der Waals surface area contributed by atoms with Crippen LogP contribution in [0.25, 0.3) is 5.82 Å². The SMILES string of the molecule is Cc1cc(Cc2cc(C)[nH]n2)nc([C@@H]2CC[C@@H](C(=O)NCc3ccc(-n4cccn4)nc3)[C@@H](C)C2)n1. The molecule has 0 spiro atoms. The second kappa shape index (κ2) is 10.4. The van der Waals surface area contributed by atoms with Crippen molar-refractivity contribution in [2.75, 3.05) is 0 Å². The monoisotopic (exact) mass is 484 g/mol. The lowest BCUT2D eigenvalue weighted by atomic mass is 9.74. The van der Waals surface area contributed by atoms with Gasteiger partial charge < -0.3 is 5.32 Å². The summed E-state index contributed by atoms with van der Waals surface area (Å²) in [5.74, 6) is 2.27. The standard InChI is InChI=1S/C27H32N8O/c1-17-11-21(26-31-18(2)12-22(32-26)14-23-13-19(3)33-34-23)6-7-24(17)27(36)29-16-20-5-8-25(28-15-20)35-10-4-9-30-35/h4-5,8-10,12-13,15,17,21,24H,6-7,11,14,16H2,1-3H3,(H,29,36)(H,33,34)/t17-,21+,24+/m0/s1. The van der Waals surface area contributed by atoms with Gasteiger partial charge in [-0.1, -0.05) is 13.0 Å². The summed E-state index contributed by atoms with van der Waals surface area (Å²) >= 11 is 0. The normalized spacial score (nSPS) is 19.8. The average Bonchev–Trinajstić information content (AvgIpc) is 3.54. The lowest BCUT2D eigenvalue weighted by molar-refractivity contribution is -0.127. The Kier molecular flexibility index (Phi) is 6.88. The lowest BCUT2D eigenvalue weighted by Gasteiger charge is -2.32. The van der Waals surface area contributed by atoms with Crippen molar-refractivity contribution in [3.8, 4) is 5.82 Å². The Morgan fingerprint density at radius 2 is 2.06 bits per heavy atom. The van der Waals surface area contributed by atoms with Crippen LogP contribution in [0.4, 0.5) is 0 Å². The third-order valence-corrected chi connectivity index (χ3v) is 6.93. The van der Waals surface area contributed by atoms with E-state index >= 15 is 0 Å². The minimum Gasteiger partial charge on any atom is -0.352 e. The van der Waals surface area contributed by atoms with Crippen LogP contribution in [0.2, 0.25) is 0 Å². The number of pyridine rings is 1. The largest absolute Gasteiger partial charge is 0.352 e. The van der Waals surface area contributed by atoms with Gasteiger partial charge in [0.1, 0.15) is 5.82 Å². The van der Waals surface area contributed by atoms with Crippen LogP contribution in [-0.2, 0) is 17.8 Å². The second-order valence-corrected chi connectivity index (χ2v) is 9.86. The first-order valence-corrected chi connectivity index (χ1v) is 12.5. The molecule has 0 aliphatic heterocycles. The number of carbonyl (C=O) groups excluding carboxylic acids is 1. The summed E-state index contributed by atoms with van der Waals surface area (Å²) in [4.78, 5) is 27.1. The van der Waals surface area contributed by atoms with Crippen molar-refractivity contribution in [2.45, 2.75) is 58.9 Å². The van der Waals surface area contributed by atoms with Gasteiger partial charge in [-0.2, -0.15) is 10.2 Å². The first kappa shape index (κ1) is 23.8. The van der Waals surface area contributed by atoms with Gasteiger partial charge in [0.25, 0.3) is 0 Å². The molecule has 1 amide bonds. The van der Waals surface area contributed by atoms with Crippen molar-refractivity contribution in [1.29, 1.82) is 0 Å². The first-order chi connectivity index (χ1) is 17.4. The van der Waals surface area contributed by atoms with Gasteiger partial charge in [0, 0.05) is 54.8 Å². The smallest absolute Gasteiger partial charge is 0.223 e. The van der Waals surface area contributed by atoms with Crippen LogP contribution in [0, 0.1) is 25.7 Å². The van der Waals surface area contributed by atoms with Crippen molar-refractivity contribution >= 4 is 5.91 Å². The van der Waals surface area contributed by atoms with Crippen LogP contribution < -0.4 is 5.32 Å². The number of nitrogens with zero attached hydrogens (tertiary/aromatic N) is 6. The third kappa shape index (κ3) is 5.50. The summed E-state index contributed by atoms with van der Waals surface area (Å²) in [7, 11) is 0. The summed E-state index contributed by atoms with van der Waals surface area (Å²) in [5, 5.41) is 14.6. The van der Waals surface area contributed by atoms with E-state index in [4.69, 9.17) is 9.97 Å². The number of rotatable bonds is 7. The zero-order chi connectivity index (χ0) is 25.1. The minimum absolute atomic E-state index is 0.00568. The molecule has 4 aromatic rings. The van der Waals surface area contributed by atoms with Crippen molar-refractivity contribution in [3.63, 3.8) is 0 Å². The highest BCUT2D eigenvalue weighted by atomic mass is 16.1. The van der Waals surface area contributed by atoms with Gasteiger partial charge in [0.2, 0.25) is 5.91 Å². The van der Waals surface area contributed by atoms with Crippen molar-refractivity contribution in [2.24, 2.45) is 11.8 Å². The molecule has 1 aliphatic rings. The third-order valence-electron chi connectivity index (χ3n) is 6.93. The summed E-state index contributed by atoms with van der Waals surface area (Å²) in [6.45, 7) is 6.65. The van der Waals surface area contributed by atoms with E-state index in [1.54, 1.807) is 17.1 Å². The summed E-state index contributed by atoms with van der Waals surface area (Å²) in [6, 6.07) is 9.82. The van der Waals surface area contributed by atoms with E-state index in [1.165, 1.54) is 0 Å². The molecule has 1 aliphatic carbocycles. The first-order valence-electron chi connectivity index (χ1n) is 12.5. The Morgan fingerprint density at radius 3 is 2.75 bits per heavy atom. The van der Waals surface area contributed by atoms with Gasteiger partial charge in [-0.25, -0.2) is 19.6 Å². The fraction of sp³-hybridized carbons (Fsp3) is 0.407. The van der Waals surface area contributed by atoms with Crippen LogP contribution in [0.3, 0.4) is 0 Å². The Labute approximate surface area is 210 Å². The van der Waals surface area contributed by atoms with Gasteiger partial charge >= 0.3 is 0 Å². The second-order valence-electron chi connectivity index (χ2n) is 9.86. The highest BCUT2D eigenvalue weighted by Gasteiger charge is 2.34. The number of H-pyrrole nitrogens is 1. The molecule has 2 N–H and O–H groups in total. The van der Waals surface area contributed by atoms with Crippen LogP contribution in [0.15, 0.2) is 48.9 Å². The number of nitrogens with one attached hydrogen (secondary N) is 2. The molecule has 9 heteroatoms. The Hall–Kier alpha value is -3.88. The Balaban J connectivity index is 1.17. The number of amides is 1. The minimum atomic E-state index is -0.00568. The maximum absolute atomic E-state index is 13.0. The fourth-order valence-electron chi connectivity index (χ4n) is 5.08. The molecular weight excluding hydrogens is 452 g/mol. The predicted molar refractivity (Wildman–Crippen MR) is 135 cm³/mol. The van der Waals surface area contributed by atoms with E-state index in [0.717, 1.165) is 59.2 Å². The molecule has 5 rings (SSSR count). The molecule has 0 aromatic carbocycles. The van der Waals surface area contributed by atoms with E-state index in [-0.39, 0.29) is 23.7 Å².